The standard InChI is InChI=1S/C83H54N6O/c90-77-69(52-28-10-2-11-29-52)75-64-46-24-44-62-71(64)72-63(45-25-47-65(72)76(75)70(77)53-30-12-3-13-31-53)74-68(59-41-23-43-61(49-59)83-88-80(56-36-18-6-19-37-56)85-81(89-83)57-38-20-7-21-39-57)66(51-26-8-1-9-27-51)50-67(73(62)74)58-40-22-42-60(48-58)82-86-78(54-32-14-4-15-33-54)84-79(87-82)55-34-16-5-17-35-55/h1-50,69-70,75-76H. The largest absolute Gasteiger partial charge is 0.298 e. The summed E-state index contributed by atoms with van der Waals surface area (Å²) in [6, 6.07) is 106. The molecule has 422 valence electrons. The molecule has 2 aliphatic carbocycles. The predicted molar refractivity (Wildman–Crippen MR) is 364 cm³/mol. The zero-order valence-corrected chi connectivity index (χ0v) is 48.8. The van der Waals surface area contributed by atoms with E-state index in [4.69, 9.17) is 29.9 Å². The SMILES string of the molecule is O=C1C(c2ccccc2)C2c3cccc4c5c(-c6cccc(-c7nc(-c8ccccc8)nc(-c8ccccc8)n7)c6)cc(-c6ccccc6)c(-c6cccc(-c7nc(-c8ccccc8)nc(-c8ccccc8)n7)c6)c5c5cccc(c5c34)C2C1c1ccccc1. The fourth-order valence-corrected chi connectivity index (χ4v) is 14.6. The number of hydrogen-bond donors (Lipinski definition) is 0. The summed E-state index contributed by atoms with van der Waals surface area (Å²) in [5.41, 5.74) is 16.1. The molecule has 7 nitrogen and oxygen atoms in total. The van der Waals surface area contributed by atoms with Gasteiger partial charge in [-0.05, 0) is 106 Å². The van der Waals surface area contributed by atoms with Gasteiger partial charge in [0.15, 0.2) is 34.9 Å². The second-order valence-corrected chi connectivity index (χ2v) is 23.5. The van der Waals surface area contributed by atoms with Gasteiger partial charge in [-0.2, -0.15) is 0 Å². The van der Waals surface area contributed by atoms with Gasteiger partial charge in [-0.25, -0.2) is 29.9 Å². The highest BCUT2D eigenvalue weighted by Gasteiger charge is 2.54. The van der Waals surface area contributed by atoms with Crippen molar-refractivity contribution in [2.45, 2.75) is 23.7 Å². The summed E-state index contributed by atoms with van der Waals surface area (Å²) in [6.07, 6.45) is 0. The van der Waals surface area contributed by atoms with Gasteiger partial charge in [0.05, 0.1) is 11.8 Å². The molecule has 4 unspecified atom stereocenters. The molecule has 15 aromatic rings. The zero-order valence-electron chi connectivity index (χ0n) is 48.8. The Kier molecular flexibility index (Phi) is 12.8. The van der Waals surface area contributed by atoms with Crippen LogP contribution in [0.15, 0.2) is 303 Å². The van der Waals surface area contributed by atoms with E-state index in [0.717, 1.165) is 99.4 Å². The Morgan fingerprint density at radius 2 is 0.544 bits per heavy atom. The molecule has 0 spiro atoms. The maximum atomic E-state index is 15.9. The van der Waals surface area contributed by atoms with Gasteiger partial charge >= 0.3 is 0 Å². The fraction of sp³-hybridized carbons (Fsp3) is 0.0482. The van der Waals surface area contributed by atoms with Gasteiger partial charge in [0.2, 0.25) is 0 Å². The van der Waals surface area contributed by atoms with Crippen LogP contribution in [-0.2, 0) is 4.79 Å². The van der Waals surface area contributed by atoms with Crippen LogP contribution in [0.25, 0.3) is 134 Å². The van der Waals surface area contributed by atoms with Gasteiger partial charge in [0, 0.05) is 45.2 Å². The lowest BCUT2D eigenvalue weighted by atomic mass is 9.67. The summed E-state index contributed by atoms with van der Waals surface area (Å²) in [5, 5.41) is 6.83. The van der Waals surface area contributed by atoms with E-state index in [1.165, 1.54) is 21.9 Å². The van der Waals surface area contributed by atoms with Gasteiger partial charge in [-0.15, -0.1) is 0 Å². The van der Waals surface area contributed by atoms with Crippen LogP contribution >= 0.6 is 0 Å². The van der Waals surface area contributed by atoms with Gasteiger partial charge in [-0.3, -0.25) is 4.79 Å². The van der Waals surface area contributed by atoms with Crippen LogP contribution < -0.4 is 0 Å². The minimum atomic E-state index is -0.377. The Morgan fingerprint density at radius 1 is 0.233 bits per heavy atom. The number of hydrogen-bond acceptors (Lipinski definition) is 7. The molecule has 13 aromatic carbocycles. The first kappa shape index (κ1) is 52.6. The lowest BCUT2D eigenvalue weighted by Crippen LogP contribution is -2.18. The Bertz CT molecular complexity index is 5150. The third-order valence-corrected chi connectivity index (χ3v) is 18.4. The lowest BCUT2D eigenvalue weighted by Gasteiger charge is -2.35. The van der Waals surface area contributed by atoms with Crippen molar-refractivity contribution in [1.82, 2.24) is 29.9 Å². The average Bonchev–Trinajstić information content (AvgIpc) is 1.21. The average molecular weight is 1150 g/mol. The molecule has 17 rings (SSSR count). The van der Waals surface area contributed by atoms with Crippen molar-refractivity contribution in [3.8, 4) is 102 Å². The van der Waals surface area contributed by atoms with E-state index < -0.39 is 0 Å². The van der Waals surface area contributed by atoms with E-state index in [-0.39, 0.29) is 29.5 Å². The zero-order chi connectivity index (χ0) is 59.7. The van der Waals surface area contributed by atoms with E-state index in [1.54, 1.807) is 0 Å². The molecular formula is C83H54N6O. The Hall–Kier alpha value is -11.7. The Labute approximate surface area is 520 Å². The van der Waals surface area contributed by atoms with E-state index in [1.807, 2.05) is 133 Å². The Balaban J connectivity index is 0.978. The van der Waals surface area contributed by atoms with Crippen molar-refractivity contribution in [2.24, 2.45) is 0 Å². The molecular weight excluding hydrogens is 1100 g/mol. The molecule has 0 N–H and O–H groups in total. The van der Waals surface area contributed by atoms with Crippen LogP contribution in [0.5, 0.6) is 0 Å². The number of benzene rings is 13. The molecule has 0 radical (unpaired) electrons. The summed E-state index contributed by atoms with van der Waals surface area (Å²) >= 11 is 0. The maximum Gasteiger partial charge on any atom is 0.164 e. The first-order chi connectivity index (χ1) is 44.6. The first-order valence-electron chi connectivity index (χ1n) is 30.7. The lowest BCUT2D eigenvalue weighted by molar-refractivity contribution is -0.120. The van der Waals surface area contributed by atoms with Gasteiger partial charge < -0.3 is 0 Å². The predicted octanol–water partition coefficient (Wildman–Crippen LogP) is 19.9. The molecule has 1 saturated carbocycles. The molecule has 2 aliphatic rings. The molecule has 0 saturated heterocycles. The van der Waals surface area contributed by atoms with Crippen molar-refractivity contribution in [2.75, 3.05) is 0 Å². The van der Waals surface area contributed by atoms with E-state index >= 15 is 4.79 Å². The van der Waals surface area contributed by atoms with E-state index in [9.17, 15) is 0 Å². The van der Waals surface area contributed by atoms with Crippen molar-refractivity contribution in [1.29, 1.82) is 0 Å². The summed E-state index contributed by atoms with van der Waals surface area (Å²) in [7, 11) is 0. The quantitative estimate of drug-likeness (QED) is 0.119. The molecule has 4 atom stereocenters. The number of nitrogens with zero attached hydrogens (tertiary/aromatic N) is 6. The number of carbonyl (C=O) groups is 1. The van der Waals surface area contributed by atoms with Crippen molar-refractivity contribution in [3.05, 3.63) is 326 Å². The number of fused-ring (bicyclic) bond motifs is 6. The minimum absolute atomic E-state index is 0.140. The topological polar surface area (TPSA) is 94.4 Å². The second kappa shape index (κ2) is 21.9. The van der Waals surface area contributed by atoms with Gasteiger partial charge in [-0.1, -0.05) is 285 Å². The first-order valence-corrected chi connectivity index (χ1v) is 30.7. The van der Waals surface area contributed by atoms with Crippen LogP contribution in [0.3, 0.4) is 0 Å². The van der Waals surface area contributed by atoms with Crippen molar-refractivity contribution >= 4 is 38.1 Å². The summed E-state index contributed by atoms with van der Waals surface area (Å²) in [6.45, 7) is 0. The fourth-order valence-electron chi connectivity index (χ4n) is 14.6. The third-order valence-electron chi connectivity index (χ3n) is 18.4. The summed E-state index contributed by atoms with van der Waals surface area (Å²) in [4.78, 5) is 47.0. The summed E-state index contributed by atoms with van der Waals surface area (Å²) in [5.74, 6) is 2.75. The molecule has 2 aromatic heterocycles. The number of ketones is 1. The second-order valence-electron chi connectivity index (χ2n) is 23.5. The van der Waals surface area contributed by atoms with Crippen LogP contribution in [0, 0.1) is 0 Å². The van der Waals surface area contributed by atoms with Crippen LogP contribution in [0.2, 0.25) is 0 Å². The number of carbonyl (C=O) groups excluding carboxylic acids is 1. The highest BCUT2D eigenvalue weighted by atomic mass is 16.1. The molecule has 0 amide bonds. The van der Waals surface area contributed by atoms with Crippen LogP contribution in [0.1, 0.15) is 45.9 Å². The Morgan fingerprint density at radius 3 is 0.956 bits per heavy atom. The molecule has 2 heterocycles. The van der Waals surface area contributed by atoms with Crippen molar-refractivity contribution in [3.63, 3.8) is 0 Å². The van der Waals surface area contributed by atoms with Gasteiger partial charge in [0.25, 0.3) is 0 Å². The van der Waals surface area contributed by atoms with Crippen LogP contribution in [-0.4, -0.2) is 35.7 Å². The summed E-state index contributed by atoms with van der Waals surface area (Å²) < 4.78 is 0. The molecule has 0 aliphatic heterocycles. The molecule has 7 heteroatoms. The number of rotatable bonds is 11. The highest BCUT2D eigenvalue weighted by molar-refractivity contribution is 6.35. The van der Waals surface area contributed by atoms with E-state index in [0.29, 0.717) is 34.9 Å². The number of aromatic nitrogens is 6. The van der Waals surface area contributed by atoms with E-state index in [2.05, 4.69) is 170 Å². The molecule has 0 bridgehead atoms. The maximum absolute atomic E-state index is 15.9. The normalized spacial score (nSPS) is 15.8. The van der Waals surface area contributed by atoms with Crippen molar-refractivity contribution < 1.29 is 4.79 Å². The van der Waals surface area contributed by atoms with Crippen LogP contribution in [0.4, 0.5) is 0 Å². The molecule has 1 fully saturated rings. The minimum Gasteiger partial charge on any atom is -0.298 e. The number of Topliss-reactive ketones (excluding diaryl/α,β-unsaturated/α-hetero) is 1. The monoisotopic (exact) mass is 1150 g/mol. The van der Waals surface area contributed by atoms with Gasteiger partial charge in [0.1, 0.15) is 5.78 Å². The third kappa shape index (κ3) is 8.92. The highest BCUT2D eigenvalue weighted by Crippen LogP contribution is 2.64. The smallest absolute Gasteiger partial charge is 0.164 e. The molecule has 90 heavy (non-hydrogen) atoms.